The maximum atomic E-state index is 13.0. The summed E-state index contributed by atoms with van der Waals surface area (Å²) in [5.41, 5.74) is 0. The fraction of sp³-hybridized carbons (Fsp3) is 0.560. The smallest absolute Gasteiger partial charge is 0.361 e. The fourth-order valence-electron chi connectivity index (χ4n) is 9.08. The van der Waals surface area contributed by atoms with Gasteiger partial charge in [0.2, 0.25) is 0 Å². The van der Waals surface area contributed by atoms with Gasteiger partial charge in [0.1, 0.15) is 13.2 Å². The topological polar surface area (TPSA) is 108 Å². The lowest BCUT2D eigenvalue weighted by Gasteiger charge is -2.25. The van der Waals surface area contributed by atoms with Gasteiger partial charge in [-0.3, -0.25) is 9.59 Å². The minimum Gasteiger partial charge on any atom is -0.477 e. The molecule has 2 atom stereocenters. The number of carbonyl (C=O) groups excluding carboxylic acids is 2. The molecule has 0 bridgehead atoms. The molecule has 0 rings (SSSR count). The molecule has 0 aliphatic rings. The van der Waals surface area contributed by atoms with Gasteiger partial charge in [-0.05, 0) is 148 Å². The van der Waals surface area contributed by atoms with Crippen molar-refractivity contribution in [3.05, 3.63) is 207 Å². The van der Waals surface area contributed by atoms with Crippen LogP contribution in [0, 0.1) is 0 Å². The average Bonchev–Trinajstić information content (AvgIpc) is 3.38. The molecule has 0 heterocycles. The highest BCUT2D eigenvalue weighted by Gasteiger charge is 2.25. The molecule has 0 saturated heterocycles. The normalized spacial score (nSPS) is 13.9. The summed E-state index contributed by atoms with van der Waals surface area (Å²) in [7, 11) is 5.95. The number of ether oxygens (including phenoxy) is 4. The van der Waals surface area contributed by atoms with Gasteiger partial charge >= 0.3 is 17.9 Å². The molecule has 9 heteroatoms. The Labute approximate surface area is 569 Å². The minimum absolute atomic E-state index is 0.171. The molecule has 0 aliphatic carbocycles. The van der Waals surface area contributed by atoms with E-state index in [1.807, 2.05) is 21.1 Å². The average molecular weight is 1280 g/mol. The summed E-state index contributed by atoms with van der Waals surface area (Å²) in [4.78, 5) is 37.7. The number of hydrogen-bond acceptors (Lipinski definition) is 7. The van der Waals surface area contributed by atoms with Crippen molar-refractivity contribution < 1.29 is 42.9 Å². The Balaban J connectivity index is 4.23. The predicted molar refractivity (Wildman–Crippen MR) is 400 cm³/mol. The highest BCUT2D eigenvalue weighted by Crippen LogP contribution is 2.15. The third kappa shape index (κ3) is 73.1. The van der Waals surface area contributed by atoms with E-state index in [2.05, 4.69) is 220 Å². The number of likely N-dealkylation sites (N-methyl/N-ethyl adjacent to an activating group) is 1. The van der Waals surface area contributed by atoms with Crippen LogP contribution in [0.15, 0.2) is 207 Å². The third-order valence-electron chi connectivity index (χ3n) is 14.5. The number of unbranched alkanes of at least 4 members (excludes halogenated alkanes) is 15. The summed E-state index contributed by atoms with van der Waals surface area (Å²) in [6, 6.07) is 0. The first kappa shape index (κ1) is 86.9. The summed E-state index contributed by atoms with van der Waals surface area (Å²) in [5.74, 6) is -2.06. The van der Waals surface area contributed by atoms with Crippen LogP contribution < -0.4 is 0 Å². The molecule has 0 spiro atoms. The summed E-state index contributed by atoms with van der Waals surface area (Å²) in [6.07, 6.45) is 109. The number of hydrogen-bond donors (Lipinski definition) is 1. The van der Waals surface area contributed by atoms with Crippen LogP contribution in [-0.2, 0) is 33.3 Å². The molecule has 0 amide bonds. The van der Waals surface area contributed by atoms with E-state index >= 15 is 0 Å². The second kappa shape index (κ2) is 71.7. The zero-order valence-electron chi connectivity index (χ0n) is 59.3. The first-order chi connectivity index (χ1) is 45.6. The van der Waals surface area contributed by atoms with Gasteiger partial charge < -0.3 is 28.5 Å². The molecule has 1 N–H and O–H groups in total. The van der Waals surface area contributed by atoms with Crippen LogP contribution in [0.4, 0.5) is 0 Å². The Kier molecular flexibility index (Phi) is 67.0. The van der Waals surface area contributed by atoms with Gasteiger partial charge in [-0.15, -0.1) is 0 Å². The van der Waals surface area contributed by atoms with Crippen molar-refractivity contribution in [2.75, 3.05) is 47.5 Å². The van der Waals surface area contributed by atoms with Crippen LogP contribution in [-0.4, -0.2) is 87.4 Å². The molecule has 520 valence electrons. The lowest BCUT2D eigenvalue weighted by atomic mass is 10.0. The van der Waals surface area contributed by atoms with E-state index in [4.69, 9.17) is 18.9 Å². The van der Waals surface area contributed by atoms with Gasteiger partial charge in [0.15, 0.2) is 6.10 Å². The highest BCUT2D eigenvalue weighted by molar-refractivity contribution is 5.71. The van der Waals surface area contributed by atoms with Gasteiger partial charge in [-0.25, -0.2) is 4.79 Å². The van der Waals surface area contributed by atoms with Crippen molar-refractivity contribution in [2.24, 2.45) is 0 Å². The molecule has 2 unspecified atom stereocenters. The molecule has 93 heavy (non-hydrogen) atoms. The molecule has 0 aliphatic heterocycles. The zero-order chi connectivity index (χ0) is 67.5. The van der Waals surface area contributed by atoms with Crippen LogP contribution >= 0.6 is 0 Å². The fourth-order valence-corrected chi connectivity index (χ4v) is 9.08. The van der Waals surface area contributed by atoms with E-state index in [-0.39, 0.29) is 38.6 Å². The largest absolute Gasteiger partial charge is 0.477 e. The third-order valence-corrected chi connectivity index (χ3v) is 14.5. The number of carboxylic acid groups (broad SMARTS) is 1. The maximum Gasteiger partial charge on any atom is 0.361 e. The van der Waals surface area contributed by atoms with E-state index in [0.717, 1.165) is 161 Å². The standard InChI is InChI=1S/C84H131NO8/c1-6-8-10-12-14-16-18-20-22-24-26-28-30-32-34-36-37-38-39-40-41-42-43-44-45-47-49-51-53-55-57-59-61-63-65-67-69-71-73-75-82(87)93-80(79-92-84(83(88)89)90-77-76-85(3,4)5)78-91-81(86)74-72-70-68-66-64-62-60-58-56-54-52-50-48-46-35-33-31-29-27-25-23-21-19-17-15-13-11-9-7-2/h8-11,14-17,20-23,26-29,32-35,37-38,40-41,43-44,47-50,54,56,60,62,80,84H,6-7,12-13,18-19,24-25,30-31,36,39,42,45-46,51-53,55,57-59,61,63-79H2,1-5H3/p+1/b10-8-,11-9-,16-14-,17-15-,22-20-,23-21-,28-26-,29-27-,34-32-,35-33-,38-37-,41-40-,44-43-,49-47-,50-48-,56-54-,62-60-. The monoisotopic (exact) mass is 1280 g/mol. The second-order valence-corrected chi connectivity index (χ2v) is 24.4. The number of rotatable bonds is 64. The predicted octanol–water partition coefficient (Wildman–Crippen LogP) is 23.1. The van der Waals surface area contributed by atoms with E-state index in [1.54, 1.807) is 0 Å². The lowest BCUT2D eigenvalue weighted by molar-refractivity contribution is -0.870. The molecule has 0 aromatic carbocycles. The van der Waals surface area contributed by atoms with E-state index < -0.39 is 24.3 Å². The maximum absolute atomic E-state index is 13.0. The number of nitrogens with zero attached hydrogens (tertiary/aromatic N) is 1. The molecular formula is C84H132NO8+. The number of esters is 2. The van der Waals surface area contributed by atoms with Gasteiger partial charge in [-0.1, -0.05) is 291 Å². The molecule has 9 nitrogen and oxygen atoms in total. The highest BCUT2D eigenvalue weighted by atomic mass is 16.7. The van der Waals surface area contributed by atoms with Crippen LogP contribution in [0.25, 0.3) is 0 Å². The number of carboxylic acids is 1. The second-order valence-electron chi connectivity index (χ2n) is 24.4. The van der Waals surface area contributed by atoms with E-state index in [1.165, 1.54) is 44.9 Å². The van der Waals surface area contributed by atoms with Gasteiger partial charge in [0.05, 0.1) is 34.4 Å². The zero-order valence-corrected chi connectivity index (χ0v) is 59.3. The van der Waals surface area contributed by atoms with Crippen molar-refractivity contribution in [3.8, 4) is 0 Å². The Morgan fingerprint density at radius 2 is 0.581 bits per heavy atom. The Morgan fingerprint density at radius 3 is 0.860 bits per heavy atom. The van der Waals surface area contributed by atoms with Crippen molar-refractivity contribution in [2.45, 2.75) is 257 Å². The molecule has 0 radical (unpaired) electrons. The molecule has 0 aromatic heterocycles. The number of allylic oxidation sites excluding steroid dienone is 34. The number of aliphatic carboxylic acids is 1. The molecule has 0 saturated carbocycles. The number of quaternary nitrogens is 1. The summed E-state index contributed by atoms with van der Waals surface area (Å²) in [6.45, 7) is 4.59. The molecule has 0 fully saturated rings. The van der Waals surface area contributed by atoms with Crippen molar-refractivity contribution in [1.82, 2.24) is 0 Å². The van der Waals surface area contributed by atoms with Crippen LogP contribution in [0.5, 0.6) is 0 Å². The van der Waals surface area contributed by atoms with Gasteiger partial charge in [-0.2, -0.15) is 0 Å². The van der Waals surface area contributed by atoms with Crippen molar-refractivity contribution in [1.29, 1.82) is 0 Å². The first-order valence-electron chi connectivity index (χ1n) is 36.2. The lowest BCUT2D eigenvalue weighted by Crippen LogP contribution is -2.40. The van der Waals surface area contributed by atoms with Crippen molar-refractivity contribution >= 4 is 17.9 Å². The Hall–Kier alpha value is -6.13. The van der Waals surface area contributed by atoms with E-state index in [9.17, 15) is 19.5 Å². The summed E-state index contributed by atoms with van der Waals surface area (Å²) in [5, 5.41) is 9.75. The first-order valence-corrected chi connectivity index (χ1v) is 36.2. The SMILES string of the molecule is CC/C=C\C/C=C\C/C=C\C/C=C\C/C=C\C/C=C\C/C=C\C/C=C\C/C=C\CCCCCCCCCCCCCC(=O)OC(COC(=O)CCCCCC/C=C\C/C=C\C/C=C\C/C=C\C/C=C\C/C=C\C/C=C\C/C=C\CC)COC(OCC[N+](C)(C)C)C(=O)O. The number of carbonyl (C=O) groups is 3. The summed E-state index contributed by atoms with van der Waals surface area (Å²) >= 11 is 0. The molecular weight excluding hydrogens is 1150 g/mol. The molecule has 0 aromatic rings. The minimum atomic E-state index is -1.53. The summed E-state index contributed by atoms with van der Waals surface area (Å²) < 4.78 is 22.9. The van der Waals surface area contributed by atoms with Gasteiger partial charge in [0, 0.05) is 12.8 Å². The van der Waals surface area contributed by atoms with E-state index in [0.29, 0.717) is 23.9 Å². The Bertz CT molecular complexity index is 2280. The van der Waals surface area contributed by atoms with Gasteiger partial charge in [0.25, 0.3) is 6.29 Å². The van der Waals surface area contributed by atoms with Crippen molar-refractivity contribution in [3.63, 3.8) is 0 Å². The van der Waals surface area contributed by atoms with Crippen LogP contribution in [0.1, 0.15) is 245 Å². The Morgan fingerprint density at radius 1 is 0.323 bits per heavy atom. The van der Waals surface area contributed by atoms with Crippen LogP contribution in [0.2, 0.25) is 0 Å². The van der Waals surface area contributed by atoms with Crippen LogP contribution in [0.3, 0.4) is 0 Å². The quantitative estimate of drug-likeness (QED) is 0.0211.